The second-order valence-electron chi connectivity index (χ2n) is 6.96. The Morgan fingerprint density at radius 1 is 0.710 bits per heavy atom. The molecule has 5 heteroatoms. The number of aromatic amines is 1. The van der Waals surface area contributed by atoms with Gasteiger partial charge in [0.05, 0.1) is 32.6 Å². The van der Waals surface area contributed by atoms with Crippen LogP contribution in [0.1, 0.15) is 16.1 Å². The first-order valence-electron chi connectivity index (χ1n) is 9.84. The average molecular weight is 413 g/mol. The number of hydrogen-bond acceptors (Lipinski definition) is 4. The molecule has 0 aliphatic rings. The fraction of sp³-hybridized carbons (Fsp3) is 0.115. The van der Waals surface area contributed by atoms with Gasteiger partial charge in [-0.3, -0.25) is 4.79 Å². The van der Waals surface area contributed by atoms with Crippen molar-refractivity contribution in [1.82, 2.24) is 4.98 Å². The van der Waals surface area contributed by atoms with Crippen molar-refractivity contribution in [3.63, 3.8) is 0 Å². The Labute approximate surface area is 181 Å². The summed E-state index contributed by atoms with van der Waals surface area (Å²) in [5.41, 5.74) is 4.52. The lowest BCUT2D eigenvalue weighted by Gasteiger charge is -2.09. The number of carbonyl (C=O) groups is 1. The van der Waals surface area contributed by atoms with Crippen LogP contribution in [-0.2, 0) is 0 Å². The van der Waals surface area contributed by atoms with Crippen molar-refractivity contribution in [2.75, 3.05) is 21.3 Å². The number of benzene rings is 3. The van der Waals surface area contributed by atoms with Gasteiger partial charge in [-0.15, -0.1) is 0 Å². The Morgan fingerprint density at radius 3 is 1.87 bits per heavy atom. The molecule has 0 radical (unpaired) electrons. The number of carbonyl (C=O) groups excluding carboxylic acids is 1. The Morgan fingerprint density at radius 2 is 1.29 bits per heavy atom. The molecule has 0 bridgehead atoms. The summed E-state index contributed by atoms with van der Waals surface area (Å²) in [4.78, 5) is 16.9. The van der Waals surface area contributed by atoms with E-state index in [2.05, 4.69) is 4.98 Å². The smallest absolute Gasteiger partial charge is 0.213 e. The zero-order valence-electron chi connectivity index (χ0n) is 17.6. The van der Waals surface area contributed by atoms with Crippen LogP contribution in [0.3, 0.4) is 0 Å². The molecular weight excluding hydrogens is 390 g/mol. The highest BCUT2D eigenvalue weighted by atomic mass is 16.5. The zero-order valence-corrected chi connectivity index (χ0v) is 17.6. The van der Waals surface area contributed by atoms with Crippen molar-refractivity contribution in [3.8, 4) is 39.6 Å². The van der Waals surface area contributed by atoms with Crippen molar-refractivity contribution in [3.05, 3.63) is 90.1 Å². The third-order valence-corrected chi connectivity index (χ3v) is 5.20. The van der Waals surface area contributed by atoms with Gasteiger partial charge in [-0.05, 0) is 65.7 Å². The molecule has 3 aromatic carbocycles. The Bertz CT molecular complexity index is 1190. The van der Waals surface area contributed by atoms with Crippen LogP contribution in [0.25, 0.3) is 22.4 Å². The zero-order chi connectivity index (χ0) is 21.8. The molecule has 0 unspecified atom stereocenters. The van der Waals surface area contributed by atoms with Crippen molar-refractivity contribution in [1.29, 1.82) is 0 Å². The standard InChI is InChI=1S/C26H23NO4/c1-29-19-12-8-17(9-13-19)22-16-23(18-10-14-20(30-2)15-11-18)27-25(22)26(28)21-6-4-5-7-24(21)31-3/h4-16,27H,1-3H3. The van der Waals surface area contributed by atoms with Gasteiger partial charge >= 0.3 is 0 Å². The molecule has 4 aromatic rings. The topological polar surface area (TPSA) is 60.6 Å². The molecule has 0 saturated carbocycles. The molecule has 1 heterocycles. The minimum Gasteiger partial charge on any atom is -0.497 e. The molecule has 5 nitrogen and oxygen atoms in total. The van der Waals surface area contributed by atoms with Crippen LogP contribution in [0.2, 0.25) is 0 Å². The van der Waals surface area contributed by atoms with E-state index >= 15 is 0 Å². The molecule has 0 atom stereocenters. The van der Waals surface area contributed by atoms with Crippen LogP contribution in [0, 0.1) is 0 Å². The van der Waals surface area contributed by atoms with Crippen molar-refractivity contribution in [2.24, 2.45) is 0 Å². The number of para-hydroxylation sites is 1. The molecule has 4 rings (SSSR count). The predicted molar refractivity (Wildman–Crippen MR) is 121 cm³/mol. The van der Waals surface area contributed by atoms with Gasteiger partial charge in [0.25, 0.3) is 0 Å². The fourth-order valence-electron chi connectivity index (χ4n) is 3.52. The first kappa shape index (κ1) is 20.3. The fourth-order valence-corrected chi connectivity index (χ4v) is 3.52. The minimum atomic E-state index is -0.136. The van der Waals surface area contributed by atoms with Gasteiger partial charge < -0.3 is 19.2 Å². The van der Waals surface area contributed by atoms with E-state index in [0.29, 0.717) is 17.0 Å². The van der Waals surface area contributed by atoms with E-state index < -0.39 is 0 Å². The minimum absolute atomic E-state index is 0.136. The van der Waals surface area contributed by atoms with E-state index in [1.54, 1.807) is 33.5 Å². The Hall–Kier alpha value is -3.99. The quantitative estimate of drug-likeness (QED) is 0.400. The summed E-state index contributed by atoms with van der Waals surface area (Å²) in [7, 11) is 4.83. The molecule has 0 aliphatic heterocycles. The summed E-state index contributed by atoms with van der Waals surface area (Å²) in [6, 6.07) is 24.6. The Kier molecular flexibility index (Phi) is 5.76. The van der Waals surface area contributed by atoms with Crippen LogP contribution in [-0.4, -0.2) is 32.1 Å². The van der Waals surface area contributed by atoms with E-state index in [1.807, 2.05) is 66.7 Å². The number of ether oxygens (including phenoxy) is 3. The lowest BCUT2D eigenvalue weighted by molar-refractivity contribution is 0.103. The number of nitrogens with one attached hydrogen (secondary N) is 1. The molecular formula is C26H23NO4. The SMILES string of the molecule is COc1ccc(-c2cc(-c3ccc(OC)cc3)c(C(=O)c3ccccc3OC)[nH]2)cc1. The van der Waals surface area contributed by atoms with E-state index in [1.165, 1.54) is 0 Å². The molecule has 0 saturated heterocycles. The van der Waals surface area contributed by atoms with Gasteiger partial charge in [0.1, 0.15) is 17.2 Å². The van der Waals surface area contributed by atoms with E-state index in [9.17, 15) is 4.79 Å². The van der Waals surface area contributed by atoms with Crippen molar-refractivity contribution >= 4 is 5.78 Å². The highest BCUT2D eigenvalue weighted by Gasteiger charge is 2.21. The maximum atomic E-state index is 13.5. The summed E-state index contributed by atoms with van der Waals surface area (Å²) in [6.45, 7) is 0. The monoisotopic (exact) mass is 413 g/mol. The van der Waals surface area contributed by atoms with Crippen molar-refractivity contribution < 1.29 is 19.0 Å². The molecule has 0 amide bonds. The van der Waals surface area contributed by atoms with Crippen molar-refractivity contribution in [2.45, 2.75) is 0 Å². The molecule has 31 heavy (non-hydrogen) atoms. The number of methoxy groups -OCH3 is 3. The van der Waals surface area contributed by atoms with E-state index in [-0.39, 0.29) is 5.78 Å². The number of H-pyrrole nitrogens is 1. The van der Waals surface area contributed by atoms with E-state index in [4.69, 9.17) is 14.2 Å². The lowest BCUT2D eigenvalue weighted by Crippen LogP contribution is -2.06. The van der Waals surface area contributed by atoms with Crippen LogP contribution >= 0.6 is 0 Å². The summed E-state index contributed by atoms with van der Waals surface area (Å²) < 4.78 is 15.9. The third kappa shape index (κ3) is 4.03. The van der Waals surface area contributed by atoms with Gasteiger partial charge in [0.2, 0.25) is 5.78 Å². The predicted octanol–water partition coefficient (Wildman–Crippen LogP) is 5.61. The van der Waals surface area contributed by atoms with Crippen LogP contribution in [0.5, 0.6) is 17.2 Å². The molecule has 156 valence electrons. The van der Waals surface area contributed by atoms with Gasteiger partial charge in [-0.2, -0.15) is 0 Å². The first-order valence-corrected chi connectivity index (χ1v) is 9.84. The van der Waals surface area contributed by atoms with Gasteiger partial charge in [0, 0.05) is 11.3 Å². The number of ketones is 1. The summed E-state index contributed by atoms with van der Waals surface area (Å²) in [6.07, 6.45) is 0. The first-order chi connectivity index (χ1) is 15.1. The van der Waals surface area contributed by atoms with Gasteiger partial charge in [-0.1, -0.05) is 24.3 Å². The average Bonchev–Trinajstić information content (AvgIpc) is 3.29. The van der Waals surface area contributed by atoms with E-state index in [0.717, 1.165) is 33.9 Å². The normalized spacial score (nSPS) is 10.5. The number of aromatic nitrogens is 1. The second-order valence-corrected chi connectivity index (χ2v) is 6.96. The molecule has 0 spiro atoms. The maximum absolute atomic E-state index is 13.5. The number of hydrogen-bond donors (Lipinski definition) is 1. The summed E-state index contributed by atoms with van der Waals surface area (Å²) in [5, 5.41) is 0. The second kappa shape index (κ2) is 8.79. The molecule has 1 N–H and O–H groups in total. The van der Waals surface area contributed by atoms with Gasteiger partial charge in [0.15, 0.2) is 0 Å². The highest BCUT2D eigenvalue weighted by molar-refractivity contribution is 6.13. The van der Waals surface area contributed by atoms with Gasteiger partial charge in [-0.25, -0.2) is 0 Å². The lowest BCUT2D eigenvalue weighted by atomic mass is 9.99. The molecule has 0 fully saturated rings. The van der Waals surface area contributed by atoms with Crippen LogP contribution in [0.15, 0.2) is 78.9 Å². The molecule has 1 aromatic heterocycles. The Balaban J connectivity index is 1.84. The largest absolute Gasteiger partial charge is 0.497 e. The summed E-state index contributed by atoms with van der Waals surface area (Å²) in [5.74, 6) is 1.93. The summed E-state index contributed by atoms with van der Waals surface area (Å²) >= 11 is 0. The van der Waals surface area contributed by atoms with Crippen LogP contribution < -0.4 is 14.2 Å². The molecule has 0 aliphatic carbocycles. The maximum Gasteiger partial charge on any atom is 0.213 e. The number of rotatable bonds is 7. The van der Waals surface area contributed by atoms with Crippen LogP contribution in [0.4, 0.5) is 0 Å². The highest BCUT2D eigenvalue weighted by Crippen LogP contribution is 2.34. The third-order valence-electron chi connectivity index (χ3n) is 5.20.